The van der Waals surface area contributed by atoms with Crippen molar-refractivity contribution in [3.8, 4) is 5.75 Å². The molecule has 3 aromatic rings. The third-order valence-electron chi connectivity index (χ3n) is 3.25. The van der Waals surface area contributed by atoms with Gasteiger partial charge in [0.15, 0.2) is 5.82 Å². The quantitative estimate of drug-likeness (QED) is 0.698. The van der Waals surface area contributed by atoms with Crippen LogP contribution in [-0.2, 0) is 0 Å². The highest BCUT2D eigenvalue weighted by Crippen LogP contribution is 2.19. The predicted molar refractivity (Wildman–Crippen MR) is 96.7 cm³/mol. The first-order valence-corrected chi connectivity index (χ1v) is 8.10. The second kappa shape index (κ2) is 7.64. The molecule has 0 aliphatic heterocycles. The molecular weight excluding hydrogens is 334 g/mol. The van der Waals surface area contributed by atoms with Gasteiger partial charge >= 0.3 is 0 Å². The van der Waals surface area contributed by atoms with E-state index in [1.54, 1.807) is 13.0 Å². The van der Waals surface area contributed by atoms with E-state index in [-0.39, 0.29) is 11.8 Å². The van der Waals surface area contributed by atoms with Gasteiger partial charge in [-0.25, -0.2) is 9.97 Å². The zero-order valence-electron chi connectivity index (χ0n) is 14.7. The van der Waals surface area contributed by atoms with Crippen LogP contribution in [0.5, 0.6) is 5.75 Å². The van der Waals surface area contributed by atoms with Gasteiger partial charge in [-0.1, -0.05) is 5.16 Å². The maximum atomic E-state index is 12.1. The number of benzene rings is 1. The average molecular weight is 353 g/mol. The Morgan fingerprint density at radius 1 is 1.12 bits per heavy atom. The second-order valence-corrected chi connectivity index (χ2v) is 5.88. The average Bonchev–Trinajstić information content (AvgIpc) is 3.01. The van der Waals surface area contributed by atoms with Crippen molar-refractivity contribution in [1.82, 2.24) is 15.1 Å². The van der Waals surface area contributed by atoms with E-state index in [1.807, 2.05) is 38.1 Å². The summed E-state index contributed by atoms with van der Waals surface area (Å²) in [5.74, 6) is 1.85. The molecule has 3 rings (SSSR count). The van der Waals surface area contributed by atoms with E-state index in [1.165, 1.54) is 12.4 Å². The van der Waals surface area contributed by atoms with E-state index in [0.717, 1.165) is 11.4 Å². The van der Waals surface area contributed by atoms with E-state index in [2.05, 4.69) is 25.8 Å². The molecule has 0 atom stereocenters. The summed E-state index contributed by atoms with van der Waals surface area (Å²) in [7, 11) is 0. The molecule has 134 valence electrons. The molecule has 2 N–H and O–H groups in total. The van der Waals surface area contributed by atoms with Crippen molar-refractivity contribution in [2.24, 2.45) is 0 Å². The van der Waals surface area contributed by atoms with Gasteiger partial charge in [0, 0.05) is 11.8 Å². The van der Waals surface area contributed by atoms with E-state index in [0.29, 0.717) is 17.4 Å². The summed E-state index contributed by atoms with van der Waals surface area (Å²) in [6, 6.07) is 9.13. The smallest absolute Gasteiger partial charge is 0.277 e. The number of aryl methyl sites for hydroxylation is 1. The number of carbonyl (C=O) groups excluding carboxylic acids is 1. The van der Waals surface area contributed by atoms with Crippen molar-refractivity contribution in [3.63, 3.8) is 0 Å². The standard InChI is InChI=1S/C18H19N5O3/c1-11(2)25-14-6-4-13(5-7-14)21-17-10-19-15(9-20-17)18(24)22-16-8-12(3)26-23-16/h4-11H,1-3H3,(H,20,21)(H,22,23,24). The number of carbonyl (C=O) groups is 1. The minimum absolute atomic E-state index is 0.125. The van der Waals surface area contributed by atoms with Gasteiger partial charge in [0.25, 0.3) is 5.91 Å². The number of nitrogens with zero attached hydrogens (tertiary/aromatic N) is 3. The molecule has 2 heterocycles. The third kappa shape index (κ3) is 4.56. The Balaban J connectivity index is 1.61. The van der Waals surface area contributed by atoms with Crippen LogP contribution in [0.4, 0.5) is 17.3 Å². The van der Waals surface area contributed by atoms with Crippen molar-refractivity contribution in [2.45, 2.75) is 26.9 Å². The molecule has 8 nitrogen and oxygen atoms in total. The van der Waals surface area contributed by atoms with E-state index >= 15 is 0 Å². The lowest BCUT2D eigenvalue weighted by Crippen LogP contribution is -2.14. The van der Waals surface area contributed by atoms with Crippen molar-refractivity contribution in [2.75, 3.05) is 10.6 Å². The van der Waals surface area contributed by atoms with Crippen molar-refractivity contribution >= 4 is 23.2 Å². The minimum Gasteiger partial charge on any atom is -0.491 e. The van der Waals surface area contributed by atoms with Gasteiger partial charge in [0.2, 0.25) is 0 Å². The highest BCUT2D eigenvalue weighted by atomic mass is 16.5. The SMILES string of the molecule is Cc1cc(NC(=O)c2cnc(Nc3ccc(OC(C)C)cc3)cn2)no1. The van der Waals surface area contributed by atoms with Gasteiger partial charge < -0.3 is 19.9 Å². The Bertz CT molecular complexity index is 873. The van der Waals surface area contributed by atoms with Gasteiger partial charge in [-0.05, 0) is 45.0 Å². The molecule has 8 heteroatoms. The minimum atomic E-state index is -0.410. The van der Waals surface area contributed by atoms with Crippen LogP contribution in [0.25, 0.3) is 0 Å². The fourth-order valence-corrected chi connectivity index (χ4v) is 2.15. The number of anilines is 3. The molecular formula is C18H19N5O3. The number of ether oxygens (including phenoxy) is 1. The molecule has 0 radical (unpaired) electrons. The lowest BCUT2D eigenvalue weighted by molar-refractivity contribution is 0.102. The number of amides is 1. The van der Waals surface area contributed by atoms with E-state index in [4.69, 9.17) is 9.26 Å². The maximum Gasteiger partial charge on any atom is 0.277 e. The summed E-state index contributed by atoms with van der Waals surface area (Å²) in [4.78, 5) is 20.4. The lowest BCUT2D eigenvalue weighted by Gasteiger charge is -2.10. The fourth-order valence-electron chi connectivity index (χ4n) is 2.15. The zero-order chi connectivity index (χ0) is 18.5. The number of aromatic nitrogens is 3. The van der Waals surface area contributed by atoms with Crippen LogP contribution in [0.15, 0.2) is 47.2 Å². The molecule has 0 saturated heterocycles. The first kappa shape index (κ1) is 17.4. The summed E-state index contributed by atoms with van der Waals surface area (Å²) < 4.78 is 10.5. The Morgan fingerprint density at radius 3 is 2.46 bits per heavy atom. The van der Waals surface area contributed by atoms with Crippen LogP contribution in [-0.4, -0.2) is 27.1 Å². The highest BCUT2D eigenvalue weighted by molar-refractivity contribution is 6.02. The number of nitrogens with one attached hydrogen (secondary N) is 2. The largest absolute Gasteiger partial charge is 0.491 e. The van der Waals surface area contributed by atoms with Crippen LogP contribution in [0.2, 0.25) is 0 Å². The summed E-state index contributed by atoms with van der Waals surface area (Å²) in [5, 5.41) is 9.41. The Labute approximate surface area is 150 Å². The van der Waals surface area contributed by atoms with Crippen LogP contribution < -0.4 is 15.4 Å². The van der Waals surface area contributed by atoms with Gasteiger partial charge in [0.05, 0.1) is 18.5 Å². The Morgan fingerprint density at radius 2 is 1.88 bits per heavy atom. The summed E-state index contributed by atoms with van der Waals surface area (Å²) in [6.45, 7) is 5.69. The predicted octanol–water partition coefficient (Wildman–Crippen LogP) is 3.56. The van der Waals surface area contributed by atoms with Crippen molar-refractivity contribution in [1.29, 1.82) is 0 Å². The molecule has 2 aromatic heterocycles. The van der Waals surface area contributed by atoms with Gasteiger partial charge in [-0.3, -0.25) is 4.79 Å². The molecule has 26 heavy (non-hydrogen) atoms. The molecule has 0 unspecified atom stereocenters. The molecule has 0 aliphatic carbocycles. The topological polar surface area (TPSA) is 102 Å². The van der Waals surface area contributed by atoms with Crippen LogP contribution >= 0.6 is 0 Å². The molecule has 0 spiro atoms. The van der Waals surface area contributed by atoms with Crippen molar-refractivity contribution in [3.05, 3.63) is 54.2 Å². The molecule has 0 fully saturated rings. The lowest BCUT2D eigenvalue weighted by atomic mass is 10.3. The molecule has 0 bridgehead atoms. The molecule has 1 amide bonds. The van der Waals surface area contributed by atoms with Crippen LogP contribution in [0, 0.1) is 6.92 Å². The summed E-state index contributed by atoms with van der Waals surface area (Å²) in [5.41, 5.74) is 1.02. The third-order valence-corrected chi connectivity index (χ3v) is 3.25. The zero-order valence-corrected chi connectivity index (χ0v) is 14.7. The normalized spacial score (nSPS) is 10.6. The first-order valence-electron chi connectivity index (χ1n) is 8.10. The second-order valence-electron chi connectivity index (χ2n) is 5.88. The van der Waals surface area contributed by atoms with Gasteiger partial charge in [-0.2, -0.15) is 0 Å². The fraction of sp³-hybridized carbons (Fsp3) is 0.222. The monoisotopic (exact) mass is 353 g/mol. The maximum absolute atomic E-state index is 12.1. The molecule has 1 aromatic carbocycles. The number of hydrogen-bond donors (Lipinski definition) is 2. The highest BCUT2D eigenvalue weighted by Gasteiger charge is 2.11. The van der Waals surface area contributed by atoms with Crippen molar-refractivity contribution < 1.29 is 14.1 Å². The van der Waals surface area contributed by atoms with E-state index in [9.17, 15) is 4.79 Å². The number of hydrogen-bond acceptors (Lipinski definition) is 7. The Kier molecular flexibility index (Phi) is 5.12. The first-order chi connectivity index (χ1) is 12.5. The van der Waals surface area contributed by atoms with Gasteiger partial charge in [0.1, 0.15) is 23.0 Å². The molecule has 0 aliphatic rings. The van der Waals surface area contributed by atoms with Crippen LogP contribution in [0.1, 0.15) is 30.1 Å². The van der Waals surface area contributed by atoms with E-state index < -0.39 is 5.91 Å². The van der Waals surface area contributed by atoms with Crippen LogP contribution in [0.3, 0.4) is 0 Å². The Hall–Kier alpha value is -3.42. The summed E-state index contributed by atoms with van der Waals surface area (Å²) >= 11 is 0. The van der Waals surface area contributed by atoms with Gasteiger partial charge in [-0.15, -0.1) is 0 Å². The summed E-state index contributed by atoms with van der Waals surface area (Å²) in [6.07, 6.45) is 3.00. The molecule has 0 saturated carbocycles. The number of rotatable bonds is 6.